The van der Waals surface area contributed by atoms with E-state index in [0.29, 0.717) is 24.3 Å². The maximum atomic E-state index is 12.4. The number of likely N-dealkylation sites (N-methyl/N-ethyl adjacent to an activating group) is 1. The molecule has 2 N–H and O–H groups in total. The van der Waals surface area contributed by atoms with Crippen molar-refractivity contribution in [2.45, 2.75) is 0 Å². The molecule has 0 saturated carbocycles. The van der Waals surface area contributed by atoms with Gasteiger partial charge in [-0.1, -0.05) is 6.07 Å². The fourth-order valence-corrected chi connectivity index (χ4v) is 2.41. The SMILES string of the molecule is COc1ccc(C(=O)Nc2cccc(C(=O)NCCN(C)C)c2)cc1[N+](=O)[O-]. The van der Waals surface area contributed by atoms with Crippen molar-refractivity contribution in [2.24, 2.45) is 0 Å². The molecule has 2 rings (SSSR count). The molecule has 148 valence electrons. The summed E-state index contributed by atoms with van der Waals surface area (Å²) < 4.78 is 4.93. The number of carbonyl (C=O) groups is 2. The molecule has 0 bridgehead atoms. The van der Waals surface area contributed by atoms with Crippen LogP contribution in [0.25, 0.3) is 0 Å². The second kappa shape index (κ2) is 9.47. The second-order valence-electron chi connectivity index (χ2n) is 6.24. The molecule has 0 radical (unpaired) electrons. The largest absolute Gasteiger partial charge is 0.490 e. The van der Waals surface area contributed by atoms with Gasteiger partial charge in [0.05, 0.1) is 12.0 Å². The average molecular weight is 386 g/mol. The molecular formula is C19H22N4O5. The molecule has 2 aromatic carbocycles. The quantitative estimate of drug-likeness (QED) is 0.531. The number of nitrogens with zero attached hydrogens (tertiary/aromatic N) is 2. The topological polar surface area (TPSA) is 114 Å². The Morgan fingerprint density at radius 1 is 1.11 bits per heavy atom. The van der Waals surface area contributed by atoms with E-state index in [1.807, 2.05) is 19.0 Å². The van der Waals surface area contributed by atoms with E-state index in [0.717, 1.165) is 6.07 Å². The van der Waals surface area contributed by atoms with Crippen LogP contribution in [0.5, 0.6) is 5.75 Å². The minimum absolute atomic E-state index is 0.0675. The first kappa shape index (κ1) is 20.8. The van der Waals surface area contributed by atoms with Gasteiger partial charge in [0.25, 0.3) is 11.8 Å². The third kappa shape index (κ3) is 5.52. The van der Waals surface area contributed by atoms with Crippen LogP contribution in [0.1, 0.15) is 20.7 Å². The highest BCUT2D eigenvalue weighted by atomic mass is 16.6. The lowest BCUT2D eigenvalue weighted by atomic mass is 10.1. The minimum Gasteiger partial charge on any atom is -0.490 e. The summed E-state index contributed by atoms with van der Waals surface area (Å²) in [6.07, 6.45) is 0. The third-order valence-electron chi connectivity index (χ3n) is 3.86. The molecule has 0 aliphatic heterocycles. The van der Waals surface area contributed by atoms with Gasteiger partial charge in [-0.15, -0.1) is 0 Å². The molecule has 0 heterocycles. The summed E-state index contributed by atoms with van der Waals surface area (Å²) in [5.74, 6) is -0.716. The average Bonchev–Trinajstić information content (AvgIpc) is 2.67. The first-order valence-electron chi connectivity index (χ1n) is 8.48. The van der Waals surface area contributed by atoms with Crippen molar-refractivity contribution in [2.75, 3.05) is 39.6 Å². The lowest BCUT2D eigenvalue weighted by molar-refractivity contribution is -0.385. The lowest BCUT2D eigenvalue weighted by Crippen LogP contribution is -2.31. The van der Waals surface area contributed by atoms with E-state index >= 15 is 0 Å². The number of amides is 2. The Morgan fingerprint density at radius 2 is 1.82 bits per heavy atom. The van der Waals surface area contributed by atoms with Gasteiger partial charge in [0, 0.05) is 36.0 Å². The molecule has 2 amide bonds. The van der Waals surface area contributed by atoms with Gasteiger partial charge in [0.1, 0.15) is 0 Å². The summed E-state index contributed by atoms with van der Waals surface area (Å²) in [5.41, 5.74) is 0.610. The second-order valence-corrected chi connectivity index (χ2v) is 6.24. The normalized spacial score (nSPS) is 10.4. The van der Waals surface area contributed by atoms with Gasteiger partial charge < -0.3 is 20.3 Å². The lowest BCUT2D eigenvalue weighted by Gasteiger charge is -2.11. The molecular weight excluding hydrogens is 364 g/mol. The zero-order chi connectivity index (χ0) is 20.7. The number of benzene rings is 2. The van der Waals surface area contributed by atoms with Crippen molar-refractivity contribution < 1.29 is 19.2 Å². The molecule has 0 atom stereocenters. The van der Waals surface area contributed by atoms with Crippen LogP contribution in [0, 0.1) is 10.1 Å². The molecule has 0 aliphatic rings. The number of anilines is 1. The predicted octanol–water partition coefficient (Wildman–Crippen LogP) is 2.15. The Labute approximate surface area is 162 Å². The zero-order valence-electron chi connectivity index (χ0n) is 15.9. The first-order chi connectivity index (χ1) is 13.3. The number of ether oxygens (including phenoxy) is 1. The van der Waals surface area contributed by atoms with Crippen LogP contribution in [-0.2, 0) is 0 Å². The fraction of sp³-hybridized carbons (Fsp3) is 0.263. The van der Waals surface area contributed by atoms with Gasteiger partial charge in [-0.2, -0.15) is 0 Å². The van der Waals surface area contributed by atoms with Gasteiger partial charge in [-0.05, 0) is 44.4 Å². The van der Waals surface area contributed by atoms with Crippen LogP contribution in [0.15, 0.2) is 42.5 Å². The van der Waals surface area contributed by atoms with E-state index in [9.17, 15) is 19.7 Å². The first-order valence-corrected chi connectivity index (χ1v) is 8.48. The van der Waals surface area contributed by atoms with Gasteiger partial charge in [0.15, 0.2) is 5.75 Å². The Kier molecular flexibility index (Phi) is 7.05. The molecule has 2 aromatic rings. The molecule has 0 aromatic heterocycles. The summed E-state index contributed by atoms with van der Waals surface area (Å²) >= 11 is 0. The highest BCUT2D eigenvalue weighted by Crippen LogP contribution is 2.27. The van der Waals surface area contributed by atoms with Crippen molar-refractivity contribution in [1.82, 2.24) is 10.2 Å². The maximum absolute atomic E-state index is 12.4. The molecule has 9 heteroatoms. The summed E-state index contributed by atoms with van der Waals surface area (Å²) in [6, 6.07) is 10.4. The Bertz CT molecular complexity index is 882. The number of nitro benzene ring substituents is 1. The molecule has 0 fully saturated rings. The summed E-state index contributed by atoms with van der Waals surface area (Å²) in [5, 5.41) is 16.5. The maximum Gasteiger partial charge on any atom is 0.311 e. The van der Waals surface area contributed by atoms with Crippen LogP contribution in [0.4, 0.5) is 11.4 Å². The smallest absolute Gasteiger partial charge is 0.311 e. The molecule has 28 heavy (non-hydrogen) atoms. The molecule has 0 unspecified atom stereocenters. The molecule has 9 nitrogen and oxygen atoms in total. The number of methoxy groups -OCH3 is 1. The number of carbonyl (C=O) groups excluding carboxylic acids is 2. The third-order valence-corrected chi connectivity index (χ3v) is 3.86. The van der Waals surface area contributed by atoms with Crippen molar-refractivity contribution in [1.29, 1.82) is 0 Å². The minimum atomic E-state index is -0.617. The summed E-state index contributed by atoms with van der Waals surface area (Å²) in [4.78, 5) is 37.1. The van der Waals surface area contributed by atoms with E-state index in [4.69, 9.17) is 4.74 Å². The van der Waals surface area contributed by atoms with Gasteiger partial charge in [-0.25, -0.2) is 0 Å². The van der Waals surface area contributed by atoms with Crippen molar-refractivity contribution in [3.63, 3.8) is 0 Å². The van der Waals surface area contributed by atoms with Gasteiger partial charge in [-0.3, -0.25) is 19.7 Å². The number of rotatable bonds is 8. The standard InChI is InChI=1S/C19H22N4O5/c1-22(2)10-9-20-18(24)13-5-4-6-15(11-13)21-19(25)14-7-8-17(28-3)16(12-14)23(26)27/h4-8,11-12H,9-10H2,1-3H3,(H,20,24)(H,21,25). The summed E-state index contributed by atoms with van der Waals surface area (Å²) in [6.45, 7) is 1.20. The van der Waals surface area contributed by atoms with E-state index in [-0.39, 0.29) is 22.9 Å². The van der Waals surface area contributed by atoms with E-state index < -0.39 is 10.8 Å². The molecule has 0 saturated heterocycles. The number of hydrogen-bond acceptors (Lipinski definition) is 6. The van der Waals surface area contributed by atoms with E-state index in [1.165, 1.54) is 19.2 Å². The van der Waals surface area contributed by atoms with E-state index in [2.05, 4.69) is 10.6 Å². The Hall–Kier alpha value is -3.46. The van der Waals surface area contributed by atoms with Crippen molar-refractivity contribution in [3.05, 3.63) is 63.7 Å². The number of nitro groups is 1. The van der Waals surface area contributed by atoms with Crippen LogP contribution in [-0.4, -0.2) is 55.9 Å². The number of nitrogens with one attached hydrogen (secondary N) is 2. The van der Waals surface area contributed by atoms with Crippen molar-refractivity contribution >= 4 is 23.2 Å². The van der Waals surface area contributed by atoms with Crippen LogP contribution in [0.3, 0.4) is 0 Å². The predicted molar refractivity (Wildman–Crippen MR) is 105 cm³/mol. The van der Waals surface area contributed by atoms with Crippen LogP contribution < -0.4 is 15.4 Å². The van der Waals surface area contributed by atoms with Crippen LogP contribution in [0.2, 0.25) is 0 Å². The highest BCUT2D eigenvalue weighted by molar-refractivity contribution is 6.05. The van der Waals surface area contributed by atoms with Gasteiger partial charge >= 0.3 is 5.69 Å². The monoisotopic (exact) mass is 386 g/mol. The highest BCUT2D eigenvalue weighted by Gasteiger charge is 2.18. The number of hydrogen-bond donors (Lipinski definition) is 2. The molecule has 0 aliphatic carbocycles. The van der Waals surface area contributed by atoms with E-state index in [1.54, 1.807) is 24.3 Å². The van der Waals surface area contributed by atoms with Crippen LogP contribution >= 0.6 is 0 Å². The Morgan fingerprint density at radius 3 is 2.46 bits per heavy atom. The molecule has 0 spiro atoms. The van der Waals surface area contributed by atoms with Crippen molar-refractivity contribution in [3.8, 4) is 5.75 Å². The zero-order valence-corrected chi connectivity index (χ0v) is 15.9. The Balaban J connectivity index is 2.11. The van der Waals surface area contributed by atoms with Gasteiger partial charge in [0.2, 0.25) is 0 Å². The summed E-state index contributed by atoms with van der Waals surface area (Å²) in [7, 11) is 5.13. The fourth-order valence-electron chi connectivity index (χ4n) is 2.41.